The first-order chi connectivity index (χ1) is 19.1. The lowest BCUT2D eigenvalue weighted by Crippen LogP contribution is -2.38. The highest BCUT2D eigenvalue weighted by Crippen LogP contribution is 2.42. The molecule has 4 nitrogen and oxygen atoms in total. The minimum atomic E-state index is -0.644. The molecule has 3 aromatic heterocycles. The van der Waals surface area contributed by atoms with E-state index in [9.17, 15) is 4.79 Å². The fraction of sp³-hybridized carbons (Fsp3) is 0.0909. The summed E-state index contributed by atoms with van der Waals surface area (Å²) in [6, 6.07) is 39.4. The smallest absolute Gasteiger partial charge is 0.259 e. The van der Waals surface area contributed by atoms with Crippen molar-refractivity contribution in [1.82, 2.24) is 14.1 Å². The predicted molar refractivity (Wildman–Crippen MR) is 162 cm³/mol. The first-order valence-corrected chi connectivity index (χ1v) is 14.3. The molecule has 6 heteroatoms. The van der Waals surface area contributed by atoms with E-state index in [-0.39, 0.29) is 5.56 Å². The van der Waals surface area contributed by atoms with Crippen molar-refractivity contribution in [3.05, 3.63) is 170 Å². The SMILES string of the molecule is Cc1c(Cn2cccc(-c3ccc(Br)s3)c2=O)ncn1C(c1ccccc1)(c1ccccc1)c1ccccc1. The second kappa shape index (κ2) is 10.6. The standard InChI is InChI=1S/C33H26BrN3OS/c1-24-29(22-36-21-11-18-28(32(36)38)30-19-20-31(34)39-30)35-23-37(24)33(25-12-5-2-6-13-25,26-14-7-3-8-15-26)27-16-9-4-10-17-27/h2-21,23H,22H2,1H3. The Morgan fingerprint density at radius 3 is 1.85 bits per heavy atom. The van der Waals surface area contributed by atoms with E-state index in [4.69, 9.17) is 4.98 Å². The molecule has 0 saturated heterocycles. The normalized spacial score (nSPS) is 11.5. The van der Waals surface area contributed by atoms with E-state index in [1.165, 1.54) is 0 Å². The molecule has 0 amide bonds. The number of benzene rings is 3. The maximum Gasteiger partial charge on any atom is 0.259 e. The molecule has 0 unspecified atom stereocenters. The number of rotatable bonds is 7. The van der Waals surface area contributed by atoms with E-state index in [0.717, 1.165) is 36.7 Å². The second-order valence-corrected chi connectivity index (χ2v) is 11.9. The number of nitrogens with zero attached hydrogens (tertiary/aromatic N) is 3. The molecule has 192 valence electrons. The van der Waals surface area contributed by atoms with Crippen LogP contribution in [0.25, 0.3) is 10.4 Å². The molecular weight excluding hydrogens is 566 g/mol. The fourth-order valence-electron chi connectivity index (χ4n) is 5.36. The number of hydrogen-bond donors (Lipinski definition) is 0. The van der Waals surface area contributed by atoms with Gasteiger partial charge in [0.15, 0.2) is 0 Å². The van der Waals surface area contributed by atoms with Crippen LogP contribution in [0.2, 0.25) is 0 Å². The van der Waals surface area contributed by atoms with E-state index in [1.807, 2.05) is 55.0 Å². The molecule has 0 atom stereocenters. The number of pyridine rings is 1. The molecule has 0 bridgehead atoms. The van der Waals surface area contributed by atoms with Gasteiger partial charge in [-0.1, -0.05) is 91.0 Å². The quantitative estimate of drug-likeness (QED) is 0.178. The number of imidazole rings is 1. The zero-order valence-electron chi connectivity index (χ0n) is 21.4. The van der Waals surface area contributed by atoms with Gasteiger partial charge in [0.2, 0.25) is 0 Å². The van der Waals surface area contributed by atoms with Gasteiger partial charge in [0.05, 0.1) is 27.9 Å². The minimum Gasteiger partial charge on any atom is -0.316 e. The third-order valence-corrected chi connectivity index (χ3v) is 8.88. The maximum absolute atomic E-state index is 13.5. The van der Waals surface area contributed by atoms with E-state index in [2.05, 4.69) is 100 Å². The zero-order valence-corrected chi connectivity index (χ0v) is 23.8. The molecule has 0 aliphatic carbocycles. The van der Waals surface area contributed by atoms with E-state index in [1.54, 1.807) is 15.9 Å². The summed E-state index contributed by atoms with van der Waals surface area (Å²) in [7, 11) is 0. The molecule has 0 fully saturated rings. The summed E-state index contributed by atoms with van der Waals surface area (Å²) < 4.78 is 5.01. The minimum absolute atomic E-state index is 0.0266. The molecule has 0 radical (unpaired) electrons. The first kappa shape index (κ1) is 25.3. The van der Waals surface area contributed by atoms with Crippen molar-refractivity contribution in [2.75, 3.05) is 0 Å². The molecule has 39 heavy (non-hydrogen) atoms. The van der Waals surface area contributed by atoms with Crippen molar-refractivity contribution in [3.8, 4) is 10.4 Å². The Kier molecular flexibility index (Phi) is 6.90. The molecule has 0 saturated carbocycles. The third-order valence-electron chi connectivity index (χ3n) is 7.22. The summed E-state index contributed by atoms with van der Waals surface area (Å²) >= 11 is 5.07. The number of halogens is 1. The third kappa shape index (κ3) is 4.50. The van der Waals surface area contributed by atoms with E-state index < -0.39 is 5.54 Å². The van der Waals surface area contributed by atoms with Crippen LogP contribution in [0, 0.1) is 6.92 Å². The molecule has 0 aliphatic rings. The van der Waals surface area contributed by atoms with Crippen molar-refractivity contribution in [1.29, 1.82) is 0 Å². The van der Waals surface area contributed by atoms with Crippen molar-refractivity contribution in [3.63, 3.8) is 0 Å². The molecule has 3 aromatic carbocycles. The Bertz CT molecular complexity index is 1680. The molecule has 6 aromatic rings. The summed E-state index contributed by atoms with van der Waals surface area (Å²) in [4.78, 5) is 19.3. The first-order valence-electron chi connectivity index (χ1n) is 12.7. The Morgan fingerprint density at radius 1 is 0.769 bits per heavy atom. The maximum atomic E-state index is 13.5. The van der Waals surface area contributed by atoms with Crippen LogP contribution in [-0.2, 0) is 12.1 Å². The van der Waals surface area contributed by atoms with Crippen LogP contribution in [0.3, 0.4) is 0 Å². The number of aromatic nitrogens is 3. The summed E-state index contributed by atoms with van der Waals surface area (Å²) in [5.41, 5.74) is 5.29. The Morgan fingerprint density at radius 2 is 1.33 bits per heavy atom. The average Bonchev–Trinajstić information content (AvgIpc) is 3.58. The summed E-state index contributed by atoms with van der Waals surface area (Å²) in [5, 5.41) is 0. The lowest BCUT2D eigenvalue weighted by atomic mass is 9.76. The Hall–Kier alpha value is -4.00. The van der Waals surface area contributed by atoms with Gasteiger partial charge in [0.25, 0.3) is 5.56 Å². The van der Waals surface area contributed by atoms with Gasteiger partial charge in [-0.25, -0.2) is 4.98 Å². The van der Waals surface area contributed by atoms with Crippen LogP contribution in [0.5, 0.6) is 0 Å². The largest absolute Gasteiger partial charge is 0.316 e. The van der Waals surface area contributed by atoms with Crippen molar-refractivity contribution >= 4 is 27.3 Å². The van der Waals surface area contributed by atoms with Gasteiger partial charge >= 0.3 is 0 Å². The van der Waals surface area contributed by atoms with Gasteiger partial charge < -0.3 is 9.13 Å². The van der Waals surface area contributed by atoms with Crippen molar-refractivity contribution < 1.29 is 0 Å². The van der Waals surface area contributed by atoms with Crippen LogP contribution in [-0.4, -0.2) is 14.1 Å². The van der Waals surface area contributed by atoms with Crippen LogP contribution in [0.1, 0.15) is 28.1 Å². The van der Waals surface area contributed by atoms with E-state index in [0.29, 0.717) is 12.1 Å². The molecule has 6 rings (SSSR count). The zero-order chi connectivity index (χ0) is 26.8. The summed E-state index contributed by atoms with van der Waals surface area (Å²) in [6.45, 7) is 2.48. The fourth-order valence-corrected chi connectivity index (χ4v) is 6.77. The average molecular weight is 593 g/mol. The van der Waals surface area contributed by atoms with Gasteiger partial charge in [-0.15, -0.1) is 11.3 Å². The van der Waals surface area contributed by atoms with Gasteiger partial charge in [-0.05, 0) is 63.8 Å². The highest BCUT2D eigenvalue weighted by Gasteiger charge is 2.39. The highest BCUT2D eigenvalue weighted by molar-refractivity contribution is 9.11. The van der Waals surface area contributed by atoms with Gasteiger partial charge in [-0.2, -0.15) is 0 Å². The lowest BCUT2D eigenvalue weighted by Gasteiger charge is -2.38. The molecule has 0 aliphatic heterocycles. The van der Waals surface area contributed by atoms with Gasteiger partial charge in [0.1, 0.15) is 5.54 Å². The van der Waals surface area contributed by atoms with E-state index >= 15 is 0 Å². The Balaban J connectivity index is 1.52. The molecule has 0 N–H and O–H groups in total. The van der Waals surface area contributed by atoms with Gasteiger partial charge in [0, 0.05) is 16.8 Å². The Labute approximate surface area is 240 Å². The monoisotopic (exact) mass is 591 g/mol. The highest BCUT2D eigenvalue weighted by atomic mass is 79.9. The van der Waals surface area contributed by atoms with Crippen LogP contribution >= 0.6 is 27.3 Å². The topological polar surface area (TPSA) is 39.8 Å². The summed E-state index contributed by atoms with van der Waals surface area (Å²) in [5.74, 6) is 0. The lowest BCUT2D eigenvalue weighted by molar-refractivity contribution is 0.502. The van der Waals surface area contributed by atoms with Crippen LogP contribution in [0.4, 0.5) is 0 Å². The molecular formula is C33H26BrN3OS. The second-order valence-electron chi connectivity index (χ2n) is 9.41. The number of thiophene rings is 1. The van der Waals surface area contributed by atoms with Crippen molar-refractivity contribution in [2.45, 2.75) is 19.0 Å². The van der Waals surface area contributed by atoms with Gasteiger partial charge in [-0.3, -0.25) is 4.79 Å². The summed E-state index contributed by atoms with van der Waals surface area (Å²) in [6.07, 6.45) is 3.76. The van der Waals surface area contributed by atoms with Crippen molar-refractivity contribution in [2.24, 2.45) is 0 Å². The van der Waals surface area contributed by atoms with Crippen LogP contribution in [0.15, 0.2) is 136 Å². The molecule has 3 heterocycles. The molecule has 0 spiro atoms. The van der Waals surface area contributed by atoms with Crippen LogP contribution < -0.4 is 5.56 Å². The number of hydrogen-bond acceptors (Lipinski definition) is 3. The predicted octanol–water partition coefficient (Wildman–Crippen LogP) is 7.73.